The summed E-state index contributed by atoms with van der Waals surface area (Å²) in [5.41, 5.74) is 5.91. The lowest BCUT2D eigenvalue weighted by Gasteiger charge is -2.20. The zero-order valence-electron chi connectivity index (χ0n) is 16.6. The molecule has 1 atom stereocenters. The molecule has 2 heterocycles. The van der Waals surface area contributed by atoms with Crippen LogP contribution in [-0.2, 0) is 11.3 Å². The summed E-state index contributed by atoms with van der Waals surface area (Å²) in [6, 6.07) is 10.7. The summed E-state index contributed by atoms with van der Waals surface area (Å²) in [4.78, 5) is 43.0. The molecule has 3 N–H and O–H groups in total. The van der Waals surface area contributed by atoms with Crippen LogP contribution in [0.2, 0.25) is 0 Å². The molecule has 0 radical (unpaired) electrons. The number of thioether (sulfide) groups is 1. The van der Waals surface area contributed by atoms with Crippen molar-refractivity contribution in [1.29, 1.82) is 0 Å². The molecule has 1 aromatic carbocycles. The highest BCUT2D eigenvalue weighted by molar-refractivity contribution is 8.00. The Balaban J connectivity index is 2.09. The molecule has 3 aromatic rings. The van der Waals surface area contributed by atoms with Crippen LogP contribution in [0, 0.1) is 5.92 Å². The second-order valence-electron chi connectivity index (χ2n) is 6.93. The second kappa shape index (κ2) is 9.27. The van der Waals surface area contributed by atoms with E-state index in [0.717, 1.165) is 22.2 Å². The minimum atomic E-state index is -0.913. The van der Waals surface area contributed by atoms with Gasteiger partial charge in [0.2, 0.25) is 5.91 Å². The summed E-state index contributed by atoms with van der Waals surface area (Å²) >= 11 is 2.56. The molecular weight excluding hydrogens is 420 g/mol. The number of allylic oxidation sites excluding steroid dienone is 1. The van der Waals surface area contributed by atoms with E-state index in [9.17, 15) is 14.4 Å². The normalized spacial score (nSPS) is 12.1. The van der Waals surface area contributed by atoms with E-state index >= 15 is 0 Å². The Labute approximate surface area is 182 Å². The first kappa shape index (κ1) is 21.8. The average molecular weight is 443 g/mol. The number of thiophene rings is 1. The van der Waals surface area contributed by atoms with Gasteiger partial charge in [0.1, 0.15) is 4.83 Å². The first-order chi connectivity index (χ1) is 14.3. The third-order valence-electron chi connectivity index (χ3n) is 4.33. The van der Waals surface area contributed by atoms with Crippen LogP contribution < -0.4 is 16.6 Å². The Morgan fingerprint density at radius 3 is 2.63 bits per heavy atom. The van der Waals surface area contributed by atoms with Gasteiger partial charge in [-0.1, -0.05) is 62.0 Å². The molecule has 0 saturated carbocycles. The maximum atomic E-state index is 13.2. The maximum absolute atomic E-state index is 13.2. The van der Waals surface area contributed by atoms with Crippen molar-refractivity contribution in [3.63, 3.8) is 0 Å². The highest BCUT2D eigenvalue weighted by atomic mass is 32.2. The third kappa shape index (κ3) is 4.63. The number of nitrogens with two attached hydrogens (primary N) is 1. The number of urea groups is 1. The van der Waals surface area contributed by atoms with Crippen LogP contribution in [0.5, 0.6) is 0 Å². The standard InChI is InChI=1S/C21H22N4O3S2/c1-4-10-25-19(27)14-11-15(13-8-6-5-7-9-13)29-18(14)24-21(25)30-16(12(2)3)17(26)23-20(22)28/h4-9,11-12,16H,1,10H2,2-3H3,(H3,22,23,26,28). The van der Waals surface area contributed by atoms with Crippen LogP contribution in [0.4, 0.5) is 4.79 Å². The van der Waals surface area contributed by atoms with Crippen LogP contribution in [0.3, 0.4) is 0 Å². The number of primary amides is 1. The Morgan fingerprint density at radius 2 is 2.03 bits per heavy atom. The molecule has 3 amide bonds. The molecule has 1 unspecified atom stereocenters. The number of imide groups is 1. The molecule has 3 rings (SSSR count). The van der Waals surface area contributed by atoms with Gasteiger partial charge < -0.3 is 5.73 Å². The lowest BCUT2D eigenvalue weighted by atomic mass is 10.1. The first-order valence-electron chi connectivity index (χ1n) is 9.29. The van der Waals surface area contributed by atoms with E-state index in [1.807, 2.05) is 50.2 Å². The highest BCUT2D eigenvalue weighted by Gasteiger charge is 2.27. The van der Waals surface area contributed by atoms with E-state index in [4.69, 9.17) is 5.73 Å². The smallest absolute Gasteiger partial charge is 0.318 e. The number of hydrogen-bond acceptors (Lipinski definition) is 6. The van der Waals surface area contributed by atoms with Gasteiger partial charge in [0.15, 0.2) is 5.16 Å². The quantitative estimate of drug-likeness (QED) is 0.330. The van der Waals surface area contributed by atoms with E-state index in [1.54, 1.807) is 6.08 Å². The van der Waals surface area contributed by atoms with Crippen LogP contribution in [-0.4, -0.2) is 26.7 Å². The number of nitrogens with one attached hydrogen (secondary N) is 1. The summed E-state index contributed by atoms with van der Waals surface area (Å²) < 4.78 is 1.49. The number of amides is 3. The topological polar surface area (TPSA) is 107 Å². The van der Waals surface area contributed by atoms with Crippen molar-refractivity contribution in [3.8, 4) is 10.4 Å². The lowest BCUT2D eigenvalue weighted by molar-refractivity contribution is -0.120. The molecule has 0 fully saturated rings. The van der Waals surface area contributed by atoms with Crippen LogP contribution in [0.25, 0.3) is 20.7 Å². The first-order valence-corrected chi connectivity index (χ1v) is 11.0. The second-order valence-corrected chi connectivity index (χ2v) is 9.07. The maximum Gasteiger partial charge on any atom is 0.318 e. The van der Waals surface area contributed by atoms with Gasteiger partial charge in [-0.3, -0.25) is 19.5 Å². The number of fused-ring (bicyclic) bond motifs is 1. The Kier molecular flexibility index (Phi) is 6.73. The molecule has 0 aliphatic rings. The molecule has 0 saturated heterocycles. The zero-order chi connectivity index (χ0) is 21.8. The molecule has 9 heteroatoms. The average Bonchev–Trinajstić information content (AvgIpc) is 3.13. The van der Waals surface area contributed by atoms with Crippen molar-refractivity contribution in [2.75, 3.05) is 0 Å². The number of nitrogens with zero attached hydrogens (tertiary/aromatic N) is 2. The van der Waals surface area contributed by atoms with Gasteiger partial charge in [-0.15, -0.1) is 17.9 Å². The lowest BCUT2D eigenvalue weighted by Crippen LogP contribution is -2.42. The van der Waals surface area contributed by atoms with E-state index in [1.165, 1.54) is 15.9 Å². The van der Waals surface area contributed by atoms with Gasteiger partial charge in [0, 0.05) is 11.4 Å². The minimum absolute atomic E-state index is 0.123. The Bertz CT molecular complexity index is 1150. The monoisotopic (exact) mass is 442 g/mol. The fraction of sp³-hybridized carbons (Fsp3) is 0.238. The van der Waals surface area contributed by atoms with Gasteiger partial charge in [-0.25, -0.2) is 9.78 Å². The highest BCUT2D eigenvalue weighted by Crippen LogP contribution is 2.33. The number of hydrogen-bond donors (Lipinski definition) is 2. The summed E-state index contributed by atoms with van der Waals surface area (Å²) in [5.74, 6) is -0.638. The van der Waals surface area contributed by atoms with Crippen molar-refractivity contribution in [2.45, 2.75) is 30.8 Å². The Morgan fingerprint density at radius 1 is 1.33 bits per heavy atom. The summed E-state index contributed by atoms with van der Waals surface area (Å²) in [6.45, 7) is 7.68. The molecule has 0 aliphatic carbocycles. The molecule has 30 heavy (non-hydrogen) atoms. The number of aromatic nitrogens is 2. The van der Waals surface area contributed by atoms with Gasteiger partial charge in [0.05, 0.1) is 10.6 Å². The number of rotatable bonds is 7. The van der Waals surface area contributed by atoms with Crippen LogP contribution >= 0.6 is 23.1 Å². The van der Waals surface area contributed by atoms with E-state index in [2.05, 4.69) is 16.9 Å². The fourth-order valence-electron chi connectivity index (χ4n) is 2.92. The fourth-order valence-corrected chi connectivity index (χ4v) is 5.10. The largest absolute Gasteiger partial charge is 0.351 e. The van der Waals surface area contributed by atoms with Crippen LogP contribution in [0.15, 0.2) is 59.0 Å². The van der Waals surface area contributed by atoms with Crippen molar-refractivity contribution >= 4 is 45.3 Å². The summed E-state index contributed by atoms with van der Waals surface area (Å²) in [7, 11) is 0. The van der Waals surface area contributed by atoms with Crippen molar-refractivity contribution in [1.82, 2.24) is 14.9 Å². The number of benzene rings is 1. The molecule has 0 bridgehead atoms. The minimum Gasteiger partial charge on any atom is -0.351 e. The number of carbonyl (C=O) groups is 2. The van der Waals surface area contributed by atoms with Crippen LogP contribution in [0.1, 0.15) is 13.8 Å². The SMILES string of the molecule is C=CCn1c(SC(C(=O)NC(N)=O)C(C)C)nc2sc(-c3ccccc3)cc2c1=O. The number of carbonyl (C=O) groups excluding carboxylic acids is 2. The summed E-state index contributed by atoms with van der Waals surface area (Å²) in [5, 5.41) is 2.39. The van der Waals surface area contributed by atoms with Crippen molar-refractivity contribution < 1.29 is 9.59 Å². The molecular formula is C21H22N4O3S2. The molecule has 2 aromatic heterocycles. The van der Waals surface area contributed by atoms with Gasteiger partial charge in [-0.05, 0) is 17.5 Å². The van der Waals surface area contributed by atoms with E-state index in [-0.39, 0.29) is 18.0 Å². The predicted molar refractivity (Wildman–Crippen MR) is 122 cm³/mol. The molecule has 7 nitrogen and oxygen atoms in total. The van der Waals surface area contributed by atoms with Gasteiger partial charge >= 0.3 is 6.03 Å². The van der Waals surface area contributed by atoms with Gasteiger partial charge in [-0.2, -0.15) is 0 Å². The van der Waals surface area contributed by atoms with E-state index < -0.39 is 17.2 Å². The van der Waals surface area contributed by atoms with Crippen molar-refractivity contribution in [2.24, 2.45) is 11.7 Å². The zero-order valence-corrected chi connectivity index (χ0v) is 18.3. The molecule has 156 valence electrons. The summed E-state index contributed by atoms with van der Waals surface area (Å²) in [6.07, 6.45) is 1.61. The van der Waals surface area contributed by atoms with Gasteiger partial charge in [0.25, 0.3) is 5.56 Å². The third-order valence-corrected chi connectivity index (χ3v) is 6.94. The molecule has 0 aliphatic heterocycles. The van der Waals surface area contributed by atoms with Crippen molar-refractivity contribution in [3.05, 3.63) is 59.4 Å². The predicted octanol–water partition coefficient (Wildman–Crippen LogP) is 3.62. The Hall–Kier alpha value is -2.91. The molecule has 0 spiro atoms. The van der Waals surface area contributed by atoms with E-state index in [0.29, 0.717) is 15.4 Å².